The molecule has 0 aliphatic carbocycles. The summed E-state index contributed by atoms with van der Waals surface area (Å²) in [5, 5.41) is 0. The number of alkyl halides is 1. The molecule has 2 aliphatic rings. The van der Waals surface area contributed by atoms with Gasteiger partial charge < -0.3 is 9.64 Å². The van der Waals surface area contributed by atoms with Gasteiger partial charge in [-0.2, -0.15) is 0 Å². The van der Waals surface area contributed by atoms with Crippen molar-refractivity contribution < 1.29 is 14.3 Å². The summed E-state index contributed by atoms with van der Waals surface area (Å²) in [5.41, 5.74) is 2.32. The fourth-order valence-electron chi connectivity index (χ4n) is 3.54. The van der Waals surface area contributed by atoms with Gasteiger partial charge in [-0.05, 0) is 31.0 Å². The number of aryl methyl sites for hydroxylation is 2. The average molecular weight is 322 g/mol. The van der Waals surface area contributed by atoms with E-state index < -0.39 is 5.60 Å². The second kappa shape index (κ2) is 5.58. The van der Waals surface area contributed by atoms with E-state index in [0.29, 0.717) is 38.1 Å². The summed E-state index contributed by atoms with van der Waals surface area (Å²) in [6.07, 6.45) is 1.74. The quantitative estimate of drug-likeness (QED) is 0.747. The lowest BCUT2D eigenvalue weighted by Gasteiger charge is -2.44. The molecule has 0 saturated carbocycles. The van der Waals surface area contributed by atoms with E-state index in [-0.39, 0.29) is 17.6 Å². The molecular formula is C17H20ClNO3. The molecule has 118 valence electrons. The fourth-order valence-corrected chi connectivity index (χ4v) is 3.71. The minimum Gasteiger partial charge on any atom is -0.486 e. The van der Waals surface area contributed by atoms with Gasteiger partial charge in [0.2, 0.25) is 5.91 Å². The molecule has 22 heavy (non-hydrogen) atoms. The SMILES string of the molecule is Cc1cc(C)c2c(c1)OC1(CCN(C(=O)CCl)CC1)CC2=O. The molecule has 5 heteroatoms. The number of amides is 1. The zero-order valence-corrected chi connectivity index (χ0v) is 13.7. The van der Waals surface area contributed by atoms with Crippen LogP contribution in [0.2, 0.25) is 0 Å². The standard InChI is InChI=1S/C17H20ClNO3/c1-11-7-12(2)16-13(20)9-17(22-14(16)8-11)3-5-19(6-4-17)15(21)10-18/h7-8H,3-6,9-10H2,1-2H3. The molecule has 1 saturated heterocycles. The molecule has 3 rings (SSSR count). The van der Waals surface area contributed by atoms with Crippen LogP contribution in [0, 0.1) is 13.8 Å². The van der Waals surface area contributed by atoms with E-state index in [0.717, 1.165) is 16.7 Å². The van der Waals surface area contributed by atoms with E-state index in [2.05, 4.69) is 0 Å². The van der Waals surface area contributed by atoms with Crippen molar-refractivity contribution in [3.05, 3.63) is 28.8 Å². The number of ketones is 1. The molecule has 0 unspecified atom stereocenters. The van der Waals surface area contributed by atoms with Gasteiger partial charge in [0.1, 0.15) is 17.2 Å². The summed E-state index contributed by atoms with van der Waals surface area (Å²) in [7, 11) is 0. The third-order valence-electron chi connectivity index (χ3n) is 4.67. The Morgan fingerprint density at radius 1 is 1.32 bits per heavy atom. The zero-order valence-electron chi connectivity index (χ0n) is 12.9. The predicted octanol–water partition coefficient (Wildman–Crippen LogP) is 2.87. The molecule has 0 aromatic heterocycles. The van der Waals surface area contributed by atoms with Crippen molar-refractivity contribution in [2.45, 2.75) is 38.7 Å². The van der Waals surface area contributed by atoms with Crippen molar-refractivity contribution in [3.8, 4) is 5.75 Å². The Bertz CT molecular complexity index is 633. The number of hydrogen-bond acceptors (Lipinski definition) is 3. The van der Waals surface area contributed by atoms with Gasteiger partial charge in [0.05, 0.1) is 12.0 Å². The Morgan fingerprint density at radius 2 is 2.00 bits per heavy atom. The van der Waals surface area contributed by atoms with Crippen LogP contribution in [0.5, 0.6) is 5.75 Å². The van der Waals surface area contributed by atoms with E-state index in [4.69, 9.17) is 16.3 Å². The van der Waals surface area contributed by atoms with Crippen LogP contribution in [0.4, 0.5) is 0 Å². The first-order valence-electron chi connectivity index (χ1n) is 7.61. The van der Waals surface area contributed by atoms with Gasteiger partial charge in [-0.15, -0.1) is 11.6 Å². The number of fused-ring (bicyclic) bond motifs is 1. The smallest absolute Gasteiger partial charge is 0.237 e. The second-order valence-corrected chi connectivity index (χ2v) is 6.62. The average Bonchev–Trinajstić information content (AvgIpc) is 2.45. The molecule has 1 fully saturated rings. The minimum absolute atomic E-state index is 0.00795. The molecule has 0 bridgehead atoms. The van der Waals surface area contributed by atoms with Crippen LogP contribution in [-0.2, 0) is 4.79 Å². The topological polar surface area (TPSA) is 46.6 Å². The highest BCUT2D eigenvalue weighted by Gasteiger charge is 2.44. The maximum atomic E-state index is 12.6. The molecule has 1 aromatic rings. The number of hydrogen-bond donors (Lipinski definition) is 0. The van der Waals surface area contributed by atoms with Gasteiger partial charge in [0.15, 0.2) is 5.78 Å². The monoisotopic (exact) mass is 321 g/mol. The molecule has 0 atom stereocenters. The zero-order chi connectivity index (χ0) is 15.9. The summed E-state index contributed by atoms with van der Waals surface area (Å²) in [6, 6.07) is 3.96. The number of piperidine rings is 1. The maximum Gasteiger partial charge on any atom is 0.237 e. The maximum absolute atomic E-state index is 12.6. The van der Waals surface area contributed by atoms with Crippen molar-refractivity contribution in [1.82, 2.24) is 4.90 Å². The normalized spacial score (nSPS) is 19.8. The molecule has 2 heterocycles. The molecule has 1 spiro atoms. The van der Waals surface area contributed by atoms with Gasteiger partial charge in [-0.1, -0.05) is 6.07 Å². The van der Waals surface area contributed by atoms with Crippen LogP contribution < -0.4 is 4.74 Å². The van der Waals surface area contributed by atoms with E-state index in [1.165, 1.54) is 0 Å². The highest BCUT2D eigenvalue weighted by molar-refractivity contribution is 6.27. The van der Waals surface area contributed by atoms with Gasteiger partial charge in [0, 0.05) is 25.9 Å². The summed E-state index contributed by atoms with van der Waals surface area (Å²) < 4.78 is 6.26. The fraction of sp³-hybridized carbons (Fsp3) is 0.529. The van der Waals surface area contributed by atoms with Gasteiger partial charge in [-0.25, -0.2) is 0 Å². The second-order valence-electron chi connectivity index (χ2n) is 6.35. The Kier molecular flexibility index (Phi) is 3.89. The van der Waals surface area contributed by atoms with Crippen molar-refractivity contribution in [2.24, 2.45) is 0 Å². The van der Waals surface area contributed by atoms with E-state index in [9.17, 15) is 9.59 Å². The van der Waals surface area contributed by atoms with Crippen molar-refractivity contribution in [2.75, 3.05) is 19.0 Å². The van der Waals surface area contributed by atoms with Crippen molar-refractivity contribution in [3.63, 3.8) is 0 Å². The van der Waals surface area contributed by atoms with Crippen molar-refractivity contribution in [1.29, 1.82) is 0 Å². The Hall–Kier alpha value is -1.55. The Labute approximate surface area is 135 Å². The largest absolute Gasteiger partial charge is 0.486 e. The first-order valence-corrected chi connectivity index (χ1v) is 8.15. The summed E-state index contributed by atoms with van der Waals surface area (Å²) in [5.74, 6) is 0.807. The van der Waals surface area contributed by atoms with Crippen LogP contribution >= 0.6 is 11.6 Å². The predicted molar refractivity (Wildman–Crippen MR) is 84.8 cm³/mol. The number of rotatable bonds is 1. The molecule has 2 aliphatic heterocycles. The molecular weight excluding hydrogens is 302 g/mol. The van der Waals surface area contributed by atoms with Crippen LogP contribution in [0.1, 0.15) is 40.7 Å². The first-order chi connectivity index (χ1) is 10.4. The Balaban J connectivity index is 1.84. The number of carbonyl (C=O) groups is 2. The minimum atomic E-state index is -0.465. The summed E-state index contributed by atoms with van der Waals surface area (Å²) in [4.78, 5) is 26.0. The molecule has 1 aromatic carbocycles. The Morgan fingerprint density at radius 3 is 2.64 bits per heavy atom. The number of nitrogens with zero attached hydrogens (tertiary/aromatic N) is 1. The first kappa shape index (κ1) is 15.3. The number of ether oxygens (including phenoxy) is 1. The van der Waals surface area contributed by atoms with Gasteiger partial charge in [-0.3, -0.25) is 9.59 Å². The molecule has 0 N–H and O–H groups in total. The number of benzene rings is 1. The molecule has 4 nitrogen and oxygen atoms in total. The van der Waals surface area contributed by atoms with E-state index in [1.807, 2.05) is 26.0 Å². The van der Waals surface area contributed by atoms with Crippen LogP contribution in [0.15, 0.2) is 12.1 Å². The number of halogens is 1. The van der Waals surface area contributed by atoms with E-state index in [1.54, 1.807) is 4.90 Å². The number of likely N-dealkylation sites (tertiary alicyclic amines) is 1. The molecule has 1 amide bonds. The van der Waals surface area contributed by atoms with Gasteiger partial charge >= 0.3 is 0 Å². The third-order valence-corrected chi connectivity index (χ3v) is 4.90. The number of carbonyl (C=O) groups excluding carboxylic acids is 2. The molecule has 0 radical (unpaired) electrons. The summed E-state index contributed by atoms with van der Waals surface area (Å²) >= 11 is 5.61. The number of Topliss-reactive ketones (excluding diaryl/α,β-unsaturated/α-hetero) is 1. The van der Waals surface area contributed by atoms with E-state index >= 15 is 0 Å². The lowest BCUT2D eigenvalue weighted by molar-refractivity contribution is -0.132. The lowest BCUT2D eigenvalue weighted by Crippen LogP contribution is -2.52. The van der Waals surface area contributed by atoms with Crippen molar-refractivity contribution >= 4 is 23.3 Å². The highest BCUT2D eigenvalue weighted by Crippen LogP contribution is 2.41. The van der Waals surface area contributed by atoms with Crippen LogP contribution in [-0.4, -0.2) is 41.2 Å². The van der Waals surface area contributed by atoms with Crippen LogP contribution in [0.3, 0.4) is 0 Å². The highest BCUT2D eigenvalue weighted by atomic mass is 35.5. The lowest BCUT2D eigenvalue weighted by atomic mass is 9.81. The summed E-state index contributed by atoms with van der Waals surface area (Å²) in [6.45, 7) is 5.15. The van der Waals surface area contributed by atoms with Gasteiger partial charge in [0.25, 0.3) is 0 Å². The van der Waals surface area contributed by atoms with Crippen LogP contribution in [0.25, 0.3) is 0 Å². The third kappa shape index (κ3) is 2.60.